The molecular formula is C13H21N3O. The number of carbonyl (C=O) groups excluding carboxylic acids is 1. The third kappa shape index (κ3) is 4.95. The fraction of sp³-hybridized carbons (Fsp3) is 0.538. The zero-order valence-corrected chi connectivity index (χ0v) is 10.8. The molecule has 0 saturated carbocycles. The molecule has 0 bridgehead atoms. The summed E-state index contributed by atoms with van der Waals surface area (Å²) in [5.41, 5.74) is 2.32. The number of rotatable bonds is 6. The van der Waals surface area contributed by atoms with E-state index in [1.165, 1.54) is 5.56 Å². The van der Waals surface area contributed by atoms with Crippen molar-refractivity contribution >= 4 is 5.91 Å². The average Bonchev–Trinajstić information content (AvgIpc) is 2.31. The van der Waals surface area contributed by atoms with E-state index in [-0.39, 0.29) is 11.9 Å². The summed E-state index contributed by atoms with van der Waals surface area (Å²) < 4.78 is 0. The lowest BCUT2D eigenvalue weighted by Gasteiger charge is -2.12. The van der Waals surface area contributed by atoms with Gasteiger partial charge in [0.15, 0.2) is 0 Å². The highest BCUT2D eigenvalue weighted by Crippen LogP contribution is 2.03. The number of nitrogens with one attached hydrogen (secondary N) is 2. The van der Waals surface area contributed by atoms with Gasteiger partial charge in [-0.05, 0) is 37.5 Å². The Bertz CT molecular complexity index is 365. The van der Waals surface area contributed by atoms with Crippen LogP contribution in [-0.2, 0) is 11.3 Å². The molecule has 1 aromatic rings. The van der Waals surface area contributed by atoms with Crippen molar-refractivity contribution in [1.29, 1.82) is 0 Å². The van der Waals surface area contributed by atoms with Crippen molar-refractivity contribution in [3.8, 4) is 0 Å². The SMILES string of the molecule is CCC(C)NC(=O)CNCc1cnccc1C. The molecule has 0 aliphatic carbocycles. The number of hydrogen-bond donors (Lipinski definition) is 2. The zero-order chi connectivity index (χ0) is 12.7. The molecule has 94 valence electrons. The van der Waals surface area contributed by atoms with Crippen molar-refractivity contribution in [3.05, 3.63) is 29.6 Å². The van der Waals surface area contributed by atoms with Crippen molar-refractivity contribution in [2.45, 2.75) is 39.8 Å². The normalized spacial score (nSPS) is 12.2. The van der Waals surface area contributed by atoms with Gasteiger partial charge >= 0.3 is 0 Å². The van der Waals surface area contributed by atoms with Gasteiger partial charge in [-0.1, -0.05) is 6.92 Å². The summed E-state index contributed by atoms with van der Waals surface area (Å²) in [6, 6.07) is 2.21. The number of aryl methyl sites for hydroxylation is 1. The number of pyridine rings is 1. The topological polar surface area (TPSA) is 54.0 Å². The first-order valence-corrected chi connectivity index (χ1v) is 6.03. The minimum atomic E-state index is 0.0425. The Morgan fingerprint density at radius 2 is 2.29 bits per heavy atom. The molecule has 2 N–H and O–H groups in total. The lowest BCUT2D eigenvalue weighted by atomic mass is 10.1. The molecule has 1 unspecified atom stereocenters. The van der Waals surface area contributed by atoms with Crippen molar-refractivity contribution in [1.82, 2.24) is 15.6 Å². The molecule has 1 heterocycles. The van der Waals surface area contributed by atoms with Crippen LogP contribution in [0.2, 0.25) is 0 Å². The highest BCUT2D eigenvalue weighted by atomic mass is 16.1. The van der Waals surface area contributed by atoms with Gasteiger partial charge in [0.25, 0.3) is 0 Å². The van der Waals surface area contributed by atoms with Gasteiger partial charge in [0.2, 0.25) is 5.91 Å². The summed E-state index contributed by atoms with van der Waals surface area (Å²) >= 11 is 0. The maximum absolute atomic E-state index is 11.5. The van der Waals surface area contributed by atoms with Crippen LogP contribution in [0.15, 0.2) is 18.5 Å². The van der Waals surface area contributed by atoms with Gasteiger partial charge in [-0.25, -0.2) is 0 Å². The van der Waals surface area contributed by atoms with Crippen molar-refractivity contribution < 1.29 is 4.79 Å². The van der Waals surface area contributed by atoms with Gasteiger partial charge in [-0.2, -0.15) is 0 Å². The van der Waals surface area contributed by atoms with Crippen molar-refractivity contribution in [3.63, 3.8) is 0 Å². The summed E-state index contributed by atoms with van der Waals surface area (Å²) in [4.78, 5) is 15.6. The predicted molar refractivity (Wildman–Crippen MR) is 68.6 cm³/mol. The van der Waals surface area contributed by atoms with E-state index < -0.39 is 0 Å². The third-order valence-corrected chi connectivity index (χ3v) is 2.77. The second-order valence-corrected chi connectivity index (χ2v) is 4.28. The van der Waals surface area contributed by atoms with E-state index in [1.807, 2.05) is 26.1 Å². The first-order chi connectivity index (χ1) is 8.13. The van der Waals surface area contributed by atoms with Gasteiger partial charge in [0, 0.05) is 25.0 Å². The predicted octanol–water partition coefficient (Wildman–Crippen LogP) is 1.39. The Labute approximate surface area is 103 Å². The molecule has 17 heavy (non-hydrogen) atoms. The number of carbonyl (C=O) groups is 1. The summed E-state index contributed by atoms with van der Waals surface area (Å²) in [5, 5.41) is 6.03. The fourth-order valence-electron chi connectivity index (χ4n) is 1.42. The van der Waals surface area contributed by atoms with Gasteiger partial charge in [0.1, 0.15) is 0 Å². The van der Waals surface area contributed by atoms with E-state index >= 15 is 0 Å². The summed E-state index contributed by atoms with van der Waals surface area (Å²) in [6.45, 7) is 7.12. The molecule has 4 nitrogen and oxygen atoms in total. The van der Waals surface area contributed by atoms with Crippen LogP contribution in [0.3, 0.4) is 0 Å². The van der Waals surface area contributed by atoms with Crippen molar-refractivity contribution in [2.24, 2.45) is 0 Å². The minimum Gasteiger partial charge on any atom is -0.353 e. The third-order valence-electron chi connectivity index (χ3n) is 2.77. The van der Waals surface area contributed by atoms with Crippen LogP contribution in [-0.4, -0.2) is 23.5 Å². The monoisotopic (exact) mass is 235 g/mol. The molecule has 0 aromatic carbocycles. The molecule has 0 aliphatic heterocycles. The Balaban J connectivity index is 2.29. The molecule has 1 atom stereocenters. The molecule has 1 amide bonds. The molecule has 0 radical (unpaired) electrons. The van der Waals surface area contributed by atoms with Crippen molar-refractivity contribution in [2.75, 3.05) is 6.54 Å². The number of amides is 1. The number of hydrogen-bond acceptors (Lipinski definition) is 3. The summed E-state index contributed by atoms with van der Waals surface area (Å²) in [7, 11) is 0. The summed E-state index contributed by atoms with van der Waals surface area (Å²) in [5.74, 6) is 0.0425. The summed E-state index contributed by atoms with van der Waals surface area (Å²) in [6.07, 6.45) is 4.55. The molecule has 0 saturated heterocycles. The molecule has 0 fully saturated rings. The Hall–Kier alpha value is -1.42. The zero-order valence-electron chi connectivity index (χ0n) is 10.8. The Morgan fingerprint density at radius 3 is 2.94 bits per heavy atom. The lowest BCUT2D eigenvalue weighted by Crippen LogP contribution is -2.38. The fourth-order valence-corrected chi connectivity index (χ4v) is 1.42. The van der Waals surface area contributed by atoms with E-state index in [9.17, 15) is 4.79 Å². The standard InChI is InChI=1S/C13H21N3O/c1-4-11(3)16-13(17)9-15-8-12-7-14-6-5-10(12)2/h5-7,11,15H,4,8-9H2,1-3H3,(H,16,17). The second-order valence-electron chi connectivity index (χ2n) is 4.28. The highest BCUT2D eigenvalue weighted by Gasteiger charge is 2.05. The van der Waals surface area contributed by atoms with Gasteiger partial charge < -0.3 is 10.6 Å². The first-order valence-electron chi connectivity index (χ1n) is 6.03. The van der Waals surface area contributed by atoms with E-state index in [0.717, 1.165) is 12.0 Å². The van der Waals surface area contributed by atoms with Gasteiger partial charge in [0.05, 0.1) is 6.54 Å². The average molecular weight is 235 g/mol. The maximum Gasteiger partial charge on any atom is 0.234 e. The number of aromatic nitrogens is 1. The van der Waals surface area contributed by atoms with Crippen LogP contribution in [0.5, 0.6) is 0 Å². The van der Waals surface area contributed by atoms with Gasteiger partial charge in [-0.3, -0.25) is 9.78 Å². The quantitative estimate of drug-likeness (QED) is 0.783. The molecular weight excluding hydrogens is 214 g/mol. The van der Waals surface area contributed by atoms with Gasteiger partial charge in [-0.15, -0.1) is 0 Å². The van der Waals surface area contributed by atoms with Crippen LogP contribution in [0, 0.1) is 6.92 Å². The first kappa shape index (κ1) is 13.6. The highest BCUT2D eigenvalue weighted by molar-refractivity contribution is 5.78. The van der Waals surface area contributed by atoms with Crippen LogP contribution in [0.4, 0.5) is 0 Å². The Morgan fingerprint density at radius 1 is 1.53 bits per heavy atom. The van der Waals surface area contributed by atoms with E-state index in [1.54, 1.807) is 6.20 Å². The van der Waals surface area contributed by atoms with Crippen LogP contribution in [0.1, 0.15) is 31.4 Å². The largest absolute Gasteiger partial charge is 0.353 e. The van der Waals surface area contributed by atoms with Crippen LogP contribution in [0.25, 0.3) is 0 Å². The second kappa shape index (κ2) is 7.01. The smallest absolute Gasteiger partial charge is 0.234 e. The number of nitrogens with zero attached hydrogens (tertiary/aromatic N) is 1. The van der Waals surface area contributed by atoms with E-state index in [0.29, 0.717) is 13.1 Å². The molecule has 0 aliphatic rings. The lowest BCUT2D eigenvalue weighted by molar-refractivity contribution is -0.120. The molecule has 4 heteroatoms. The molecule has 0 spiro atoms. The molecule has 1 aromatic heterocycles. The minimum absolute atomic E-state index is 0.0425. The van der Waals surface area contributed by atoms with Crippen LogP contribution >= 0.6 is 0 Å². The van der Waals surface area contributed by atoms with Crippen LogP contribution < -0.4 is 10.6 Å². The Kier molecular flexibility index (Phi) is 5.63. The van der Waals surface area contributed by atoms with E-state index in [4.69, 9.17) is 0 Å². The van der Waals surface area contributed by atoms with E-state index in [2.05, 4.69) is 22.5 Å². The molecule has 1 rings (SSSR count). The maximum atomic E-state index is 11.5.